The highest BCUT2D eigenvalue weighted by atomic mass is 19.4. The average molecular weight is 558 g/mol. The smallest absolute Gasteiger partial charge is 0.394 e. The normalized spacial score (nSPS) is 26.8. The largest absolute Gasteiger partial charge is 0.471 e. The summed E-state index contributed by atoms with van der Waals surface area (Å²) in [5.74, 6) is -2.43. The summed E-state index contributed by atoms with van der Waals surface area (Å²) in [5.41, 5.74) is 0. The molecule has 1 aliphatic heterocycles. The highest BCUT2D eigenvalue weighted by molar-refractivity contribution is 5.82. The topological polar surface area (TPSA) is 160 Å². The van der Waals surface area contributed by atoms with Gasteiger partial charge in [0.25, 0.3) is 0 Å². The number of aliphatic hydroxyl groups excluding tert-OH is 6. The first-order valence-corrected chi connectivity index (χ1v) is 13.7. The van der Waals surface area contributed by atoms with Crippen LogP contribution in [0.25, 0.3) is 0 Å². The summed E-state index contributed by atoms with van der Waals surface area (Å²) in [6, 6.07) is -1.97. The third-order valence-electron chi connectivity index (χ3n) is 6.86. The predicted molar refractivity (Wildman–Crippen MR) is 134 cm³/mol. The van der Waals surface area contributed by atoms with Crippen molar-refractivity contribution in [3.8, 4) is 0 Å². The summed E-state index contributed by atoms with van der Waals surface area (Å²) in [4.78, 5) is 11.6. The minimum Gasteiger partial charge on any atom is -0.394 e. The van der Waals surface area contributed by atoms with Crippen LogP contribution in [0.4, 0.5) is 13.2 Å². The number of allylic oxidation sites excluding steroid dienone is 1. The number of hydrogen-bond donors (Lipinski definition) is 7. The molecule has 0 aromatic rings. The minimum atomic E-state index is -5.31. The number of alkyl halides is 3. The number of amides is 1. The Labute approximate surface area is 222 Å². The fraction of sp³-hybridized carbons (Fsp3) is 0.885. The summed E-state index contributed by atoms with van der Waals surface area (Å²) < 4.78 is 43.8. The van der Waals surface area contributed by atoms with Crippen LogP contribution in [-0.2, 0) is 9.53 Å². The number of hydrogen-bond acceptors (Lipinski definition) is 8. The molecule has 8 atom stereocenters. The quantitative estimate of drug-likeness (QED) is 0.0993. The highest BCUT2D eigenvalue weighted by Crippen LogP contribution is 2.26. The number of aliphatic hydroxyl groups is 6. The van der Waals surface area contributed by atoms with Crippen molar-refractivity contribution in [1.29, 1.82) is 0 Å². The molecule has 1 saturated heterocycles. The van der Waals surface area contributed by atoms with Gasteiger partial charge in [-0.2, -0.15) is 13.2 Å². The Bertz CT molecular complexity index is 679. The Kier molecular flexibility index (Phi) is 16.6. The molecule has 38 heavy (non-hydrogen) atoms. The first kappa shape index (κ1) is 34.7. The lowest BCUT2D eigenvalue weighted by Gasteiger charge is -2.43. The number of carbonyl (C=O) groups excluding carboxylic acids is 1. The van der Waals surface area contributed by atoms with Gasteiger partial charge in [-0.3, -0.25) is 4.79 Å². The molecule has 0 aliphatic carbocycles. The van der Waals surface area contributed by atoms with Crippen LogP contribution in [0.1, 0.15) is 84.0 Å². The van der Waals surface area contributed by atoms with E-state index in [4.69, 9.17) is 4.74 Å². The Morgan fingerprint density at radius 2 is 1.42 bits per heavy atom. The van der Waals surface area contributed by atoms with Crippen LogP contribution in [-0.4, -0.2) is 98.1 Å². The number of rotatable bonds is 18. The molecular formula is C26H46F3NO8. The Morgan fingerprint density at radius 3 is 1.92 bits per heavy atom. The van der Waals surface area contributed by atoms with Crippen molar-refractivity contribution in [3.63, 3.8) is 0 Å². The number of carbonyl (C=O) groups is 1. The van der Waals surface area contributed by atoms with Crippen molar-refractivity contribution >= 4 is 5.91 Å². The molecular weight excluding hydrogens is 511 g/mol. The number of nitrogens with one attached hydrogen (secondary N) is 1. The van der Waals surface area contributed by atoms with Gasteiger partial charge in [-0.1, -0.05) is 83.3 Å². The zero-order chi connectivity index (χ0) is 28.7. The summed E-state index contributed by atoms with van der Waals surface area (Å²) in [7, 11) is 0. The van der Waals surface area contributed by atoms with Gasteiger partial charge in [-0.05, 0) is 12.8 Å². The van der Waals surface area contributed by atoms with E-state index in [1.165, 1.54) is 56.3 Å². The number of unbranched alkanes of at least 4 members (excludes halogenated alkanes) is 11. The zero-order valence-corrected chi connectivity index (χ0v) is 22.1. The van der Waals surface area contributed by atoms with Gasteiger partial charge in [0, 0.05) is 0 Å². The van der Waals surface area contributed by atoms with Gasteiger partial charge in [0.1, 0.15) is 36.6 Å². The molecule has 12 heteroatoms. The Balaban J connectivity index is 2.63. The highest BCUT2D eigenvalue weighted by Gasteiger charge is 2.50. The van der Waals surface area contributed by atoms with Crippen molar-refractivity contribution in [1.82, 2.24) is 5.32 Å². The van der Waals surface area contributed by atoms with Crippen molar-refractivity contribution in [2.75, 3.05) is 6.61 Å². The second-order valence-corrected chi connectivity index (χ2v) is 10.0. The van der Waals surface area contributed by atoms with E-state index in [0.29, 0.717) is 6.42 Å². The third-order valence-corrected chi connectivity index (χ3v) is 6.86. The first-order chi connectivity index (χ1) is 17.9. The molecule has 1 fully saturated rings. The van der Waals surface area contributed by atoms with Crippen molar-refractivity contribution in [2.24, 2.45) is 0 Å². The second-order valence-electron chi connectivity index (χ2n) is 10.0. The SMILES string of the molecule is CCCCCCCCCCCCC/C=C/[C@@H](O)[C@@H](NC(=O)C(F)(F)F)C(O)C1O[C@H](CO)[C@@H](O)[C@H](O)[C@H]1O. The maximum atomic E-state index is 12.9. The fourth-order valence-corrected chi connectivity index (χ4v) is 4.50. The van der Waals surface area contributed by atoms with Crippen LogP contribution >= 0.6 is 0 Å². The molecule has 0 aromatic heterocycles. The lowest BCUT2D eigenvalue weighted by atomic mass is 9.88. The van der Waals surface area contributed by atoms with Crippen LogP contribution in [0.15, 0.2) is 12.2 Å². The zero-order valence-electron chi connectivity index (χ0n) is 22.1. The molecule has 0 saturated carbocycles. The molecule has 1 heterocycles. The van der Waals surface area contributed by atoms with Crippen LogP contribution in [0.3, 0.4) is 0 Å². The van der Waals surface area contributed by atoms with Crippen LogP contribution in [0, 0.1) is 0 Å². The van der Waals surface area contributed by atoms with Gasteiger partial charge < -0.3 is 40.7 Å². The molecule has 7 N–H and O–H groups in total. The lowest BCUT2D eigenvalue weighted by molar-refractivity contribution is -0.253. The summed E-state index contributed by atoms with van der Waals surface area (Å²) in [6.45, 7) is 1.36. The van der Waals surface area contributed by atoms with Crippen LogP contribution in [0.5, 0.6) is 0 Å². The maximum absolute atomic E-state index is 12.9. The monoisotopic (exact) mass is 557 g/mol. The molecule has 224 valence electrons. The van der Waals surface area contributed by atoms with Gasteiger partial charge in [0.2, 0.25) is 0 Å². The molecule has 0 radical (unpaired) electrons. The van der Waals surface area contributed by atoms with E-state index < -0.39 is 67.5 Å². The molecule has 2 unspecified atom stereocenters. The van der Waals surface area contributed by atoms with Gasteiger partial charge in [-0.25, -0.2) is 0 Å². The fourth-order valence-electron chi connectivity index (χ4n) is 4.50. The molecule has 9 nitrogen and oxygen atoms in total. The van der Waals surface area contributed by atoms with Crippen molar-refractivity contribution < 1.29 is 53.3 Å². The number of halogens is 3. The van der Waals surface area contributed by atoms with Crippen molar-refractivity contribution in [3.05, 3.63) is 12.2 Å². The van der Waals surface area contributed by atoms with Gasteiger partial charge in [0.15, 0.2) is 0 Å². The van der Waals surface area contributed by atoms with Gasteiger partial charge >= 0.3 is 12.1 Å². The third kappa shape index (κ3) is 11.8. The van der Waals surface area contributed by atoms with E-state index in [0.717, 1.165) is 31.8 Å². The lowest BCUT2D eigenvalue weighted by Crippen LogP contribution is -2.66. The van der Waals surface area contributed by atoms with E-state index in [-0.39, 0.29) is 0 Å². The summed E-state index contributed by atoms with van der Waals surface area (Å²) in [6.07, 6.45) is -2.29. The second kappa shape index (κ2) is 18.1. The van der Waals surface area contributed by atoms with E-state index in [9.17, 15) is 48.6 Å². The summed E-state index contributed by atoms with van der Waals surface area (Å²) in [5, 5.41) is 62.0. The van der Waals surface area contributed by atoms with Crippen molar-refractivity contribution in [2.45, 2.75) is 139 Å². The Morgan fingerprint density at radius 1 is 0.895 bits per heavy atom. The average Bonchev–Trinajstić information content (AvgIpc) is 2.87. The van der Waals surface area contributed by atoms with E-state index in [2.05, 4.69) is 6.92 Å². The van der Waals surface area contributed by atoms with E-state index in [1.807, 2.05) is 0 Å². The molecule has 1 rings (SSSR count). The molecule has 0 aromatic carbocycles. The molecule has 0 bridgehead atoms. The van der Waals surface area contributed by atoms with Crippen LogP contribution in [0.2, 0.25) is 0 Å². The maximum Gasteiger partial charge on any atom is 0.471 e. The van der Waals surface area contributed by atoms with E-state index in [1.54, 1.807) is 0 Å². The molecule has 1 amide bonds. The van der Waals surface area contributed by atoms with Gasteiger partial charge in [0.05, 0.1) is 18.8 Å². The Hall–Kier alpha value is -1.28. The van der Waals surface area contributed by atoms with Crippen LogP contribution < -0.4 is 5.32 Å². The number of ether oxygens (including phenoxy) is 1. The predicted octanol–water partition coefficient (Wildman–Crippen LogP) is 1.85. The molecule has 1 aliphatic rings. The first-order valence-electron chi connectivity index (χ1n) is 13.7. The van der Waals surface area contributed by atoms with E-state index >= 15 is 0 Å². The minimum absolute atomic E-state index is 0.518. The molecule has 0 spiro atoms. The van der Waals surface area contributed by atoms with Gasteiger partial charge in [-0.15, -0.1) is 0 Å². The summed E-state index contributed by atoms with van der Waals surface area (Å²) >= 11 is 0. The standard InChI is InChI=1S/C26H46F3NO8/c1-2-3-4-5-6-7-8-9-10-11-12-13-14-15-17(32)19(30-25(37)26(27,28)29)21(34)24-23(36)22(35)20(33)18(16-31)38-24/h14-15,17-24,31-36H,2-13,16H2,1H3,(H,30,37)/b15-14+/t17-,18-,19-,20-,21?,22+,23-,24?/m1/s1.